The summed E-state index contributed by atoms with van der Waals surface area (Å²) in [6.07, 6.45) is 2.57. The first-order valence-electron chi connectivity index (χ1n) is 7.06. The number of thioether (sulfide) groups is 1. The number of aryl methyl sites for hydroxylation is 2. The quantitative estimate of drug-likeness (QED) is 0.768. The molecule has 1 unspecified atom stereocenters. The normalized spacial score (nSPS) is 12.6. The van der Waals surface area contributed by atoms with Crippen molar-refractivity contribution >= 4 is 28.6 Å². The Bertz CT molecular complexity index is 630. The van der Waals surface area contributed by atoms with E-state index < -0.39 is 0 Å². The minimum Gasteiger partial charge on any atom is -0.396 e. The van der Waals surface area contributed by atoms with Gasteiger partial charge in [-0.3, -0.25) is 4.79 Å². The summed E-state index contributed by atoms with van der Waals surface area (Å²) in [6.45, 7) is 4.21. The van der Waals surface area contributed by atoms with Gasteiger partial charge >= 0.3 is 0 Å². The zero-order valence-electron chi connectivity index (χ0n) is 12.7. The number of amides is 1. The lowest BCUT2D eigenvalue weighted by molar-refractivity contribution is 0.0931. The van der Waals surface area contributed by atoms with Crippen LogP contribution in [-0.2, 0) is 0 Å². The van der Waals surface area contributed by atoms with Crippen LogP contribution in [0.15, 0.2) is 18.2 Å². The number of rotatable bonds is 6. The molecule has 5 heteroatoms. The van der Waals surface area contributed by atoms with Crippen LogP contribution in [0.4, 0.5) is 0 Å². The number of aliphatic hydroxyl groups excluding tert-OH is 1. The number of aromatic nitrogens is 1. The Kier molecular flexibility index (Phi) is 5.31. The van der Waals surface area contributed by atoms with Gasteiger partial charge in [-0.05, 0) is 49.8 Å². The number of hydrogen-bond donors (Lipinski definition) is 3. The van der Waals surface area contributed by atoms with E-state index in [1.165, 1.54) is 11.1 Å². The zero-order valence-corrected chi connectivity index (χ0v) is 13.5. The van der Waals surface area contributed by atoms with Gasteiger partial charge in [0.2, 0.25) is 0 Å². The van der Waals surface area contributed by atoms with Gasteiger partial charge in [-0.15, -0.1) is 0 Å². The van der Waals surface area contributed by atoms with E-state index in [0.29, 0.717) is 12.1 Å². The van der Waals surface area contributed by atoms with Gasteiger partial charge < -0.3 is 15.4 Å². The molecule has 0 spiro atoms. The smallest absolute Gasteiger partial charge is 0.267 e. The van der Waals surface area contributed by atoms with Gasteiger partial charge in [-0.25, -0.2) is 0 Å². The van der Waals surface area contributed by atoms with Crippen molar-refractivity contribution in [2.75, 3.05) is 18.6 Å². The number of aliphatic hydroxyl groups is 1. The zero-order chi connectivity index (χ0) is 15.4. The van der Waals surface area contributed by atoms with Crippen molar-refractivity contribution in [3.05, 3.63) is 35.0 Å². The van der Waals surface area contributed by atoms with Gasteiger partial charge in [0.1, 0.15) is 5.69 Å². The van der Waals surface area contributed by atoms with E-state index in [-0.39, 0.29) is 18.6 Å². The highest BCUT2D eigenvalue weighted by molar-refractivity contribution is 7.98. The number of hydrogen-bond acceptors (Lipinski definition) is 3. The maximum Gasteiger partial charge on any atom is 0.267 e. The summed E-state index contributed by atoms with van der Waals surface area (Å²) < 4.78 is 0. The van der Waals surface area contributed by atoms with E-state index in [2.05, 4.69) is 30.2 Å². The van der Waals surface area contributed by atoms with Gasteiger partial charge in [-0.2, -0.15) is 11.8 Å². The van der Waals surface area contributed by atoms with Crippen molar-refractivity contribution in [2.24, 2.45) is 0 Å². The average Bonchev–Trinajstić information content (AvgIpc) is 2.88. The number of carbonyl (C=O) groups excluding carboxylic acids is 1. The second-order valence-electron chi connectivity index (χ2n) is 5.29. The molecule has 0 saturated carbocycles. The Morgan fingerprint density at radius 3 is 2.86 bits per heavy atom. The van der Waals surface area contributed by atoms with Crippen LogP contribution in [0.25, 0.3) is 10.9 Å². The first kappa shape index (κ1) is 15.9. The number of H-pyrrole nitrogens is 1. The molecule has 0 aliphatic rings. The summed E-state index contributed by atoms with van der Waals surface area (Å²) in [5.41, 5.74) is 3.96. The van der Waals surface area contributed by atoms with Crippen LogP contribution in [0.1, 0.15) is 28.0 Å². The van der Waals surface area contributed by atoms with E-state index in [1.807, 2.05) is 18.4 Å². The maximum atomic E-state index is 12.3. The van der Waals surface area contributed by atoms with Gasteiger partial charge in [0.25, 0.3) is 5.91 Å². The van der Waals surface area contributed by atoms with Gasteiger partial charge in [-0.1, -0.05) is 6.07 Å². The Morgan fingerprint density at radius 2 is 2.19 bits per heavy atom. The fourth-order valence-corrected chi connectivity index (χ4v) is 3.05. The van der Waals surface area contributed by atoms with Crippen molar-refractivity contribution in [1.82, 2.24) is 10.3 Å². The SMILES string of the molecule is CSCC(CCO)NC(=O)c1cc2c(C)c(C)ccc2[nH]1. The van der Waals surface area contributed by atoms with E-state index in [9.17, 15) is 4.79 Å². The number of fused-ring (bicyclic) bond motifs is 1. The summed E-state index contributed by atoms with van der Waals surface area (Å²) in [5, 5.41) is 13.1. The molecule has 1 heterocycles. The van der Waals surface area contributed by atoms with Gasteiger partial charge in [0, 0.05) is 29.3 Å². The molecular weight excluding hydrogens is 284 g/mol. The van der Waals surface area contributed by atoms with Crippen LogP contribution < -0.4 is 5.32 Å². The molecule has 0 fully saturated rings. The Morgan fingerprint density at radius 1 is 1.43 bits per heavy atom. The largest absolute Gasteiger partial charge is 0.396 e. The fourth-order valence-electron chi connectivity index (χ4n) is 2.40. The molecule has 4 nitrogen and oxygen atoms in total. The molecule has 0 bridgehead atoms. The van der Waals surface area contributed by atoms with E-state index in [1.54, 1.807) is 11.8 Å². The predicted octanol–water partition coefficient (Wildman–Crippen LogP) is 2.63. The Balaban J connectivity index is 2.21. The molecule has 0 aliphatic carbocycles. The van der Waals surface area contributed by atoms with E-state index >= 15 is 0 Å². The van der Waals surface area contributed by atoms with Crippen molar-refractivity contribution < 1.29 is 9.90 Å². The molecule has 1 amide bonds. The number of nitrogens with one attached hydrogen (secondary N) is 2. The molecule has 1 atom stereocenters. The van der Waals surface area contributed by atoms with Crippen molar-refractivity contribution in [3.63, 3.8) is 0 Å². The van der Waals surface area contributed by atoms with Crippen LogP contribution in [0, 0.1) is 13.8 Å². The lowest BCUT2D eigenvalue weighted by Gasteiger charge is -2.15. The van der Waals surface area contributed by atoms with Crippen LogP contribution in [0.5, 0.6) is 0 Å². The van der Waals surface area contributed by atoms with Crippen LogP contribution in [-0.4, -0.2) is 40.7 Å². The molecule has 2 rings (SSSR count). The maximum absolute atomic E-state index is 12.3. The molecular formula is C16H22N2O2S. The molecule has 21 heavy (non-hydrogen) atoms. The molecule has 1 aromatic heterocycles. The molecule has 0 radical (unpaired) electrons. The number of carbonyl (C=O) groups is 1. The fraction of sp³-hybridized carbons (Fsp3) is 0.438. The summed E-state index contributed by atoms with van der Waals surface area (Å²) in [7, 11) is 0. The number of benzene rings is 1. The van der Waals surface area contributed by atoms with Crippen LogP contribution >= 0.6 is 11.8 Å². The van der Waals surface area contributed by atoms with Crippen LogP contribution in [0.2, 0.25) is 0 Å². The second kappa shape index (κ2) is 7.00. The Hall–Kier alpha value is -1.46. The van der Waals surface area contributed by atoms with Gasteiger partial charge in [0.05, 0.1) is 0 Å². The van der Waals surface area contributed by atoms with E-state index in [4.69, 9.17) is 5.11 Å². The van der Waals surface area contributed by atoms with Crippen LogP contribution in [0.3, 0.4) is 0 Å². The third-order valence-corrected chi connectivity index (χ3v) is 4.50. The molecule has 1 aromatic carbocycles. The monoisotopic (exact) mass is 306 g/mol. The van der Waals surface area contributed by atoms with Crippen molar-refractivity contribution in [3.8, 4) is 0 Å². The summed E-state index contributed by atoms with van der Waals surface area (Å²) in [5.74, 6) is 0.681. The topological polar surface area (TPSA) is 65.1 Å². The second-order valence-corrected chi connectivity index (χ2v) is 6.20. The minimum atomic E-state index is -0.115. The highest BCUT2D eigenvalue weighted by atomic mass is 32.2. The average molecular weight is 306 g/mol. The summed E-state index contributed by atoms with van der Waals surface area (Å²) in [6, 6.07) is 5.95. The lowest BCUT2D eigenvalue weighted by atomic mass is 10.1. The summed E-state index contributed by atoms with van der Waals surface area (Å²) in [4.78, 5) is 15.5. The third-order valence-electron chi connectivity index (χ3n) is 3.77. The standard InChI is InChI=1S/C16H22N2O2S/c1-10-4-5-14-13(11(10)2)8-15(18-14)16(20)17-12(6-7-19)9-21-3/h4-5,8,12,18-19H,6-7,9H2,1-3H3,(H,17,20). The highest BCUT2D eigenvalue weighted by Crippen LogP contribution is 2.22. The Labute approximate surface area is 129 Å². The highest BCUT2D eigenvalue weighted by Gasteiger charge is 2.15. The first-order valence-corrected chi connectivity index (χ1v) is 8.45. The summed E-state index contributed by atoms with van der Waals surface area (Å²) >= 11 is 1.66. The third kappa shape index (κ3) is 3.60. The van der Waals surface area contributed by atoms with Crippen molar-refractivity contribution in [2.45, 2.75) is 26.3 Å². The molecule has 114 valence electrons. The molecule has 2 aromatic rings. The predicted molar refractivity (Wildman–Crippen MR) is 89.1 cm³/mol. The molecule has 3 N–H and O–H groups in total. The lowest BCUT2D eigenvalue weighted by Crippen LogP contribution is -2.37. The van der Waals surface area contributed by atoms with E-state index in [0.717, 1.165) is 16.7 Å². The first-order chi connectivity index (χ1) is 10.1. The minimum absolute atomic E-state index is 0.00764. The number of aromatic amines is 1. The van der Waals surface area contributed by atoms with Crippen molar-refractivity contribution in [1.29, 1.82) is 0 Å². The molecule has 0 aliphatic heterocycles. The van der Waals surface area contributed by atoms with Gasteiger partial charge in [0.15, 0.2) is 0 Å². The molecule has 0 saturated heterocycles.